The van der Waals surface area contributed by atoms with Gasteiger partial charge in [-0.3, -0.25) is 4.68 Å². The largest absolute Gasteiger partial charge is 0.507 e. The zero-order valence-corrected chi connectivity index (χ0v) is 11.8. The number of aromatic hydroxyl groups is 1. The summed E-state index contributed by atoms with van der Waals surface area (Å²) >= 11 is 0. The fourth-order valence-corrected chi connectivity index (χ4v) is 2.07. The highest BCUT2D eigenvalue weighted by atomic mass is 16.3. The van der Waals surface area contributed by atoms with E-state index in [1.165, 1.54) is 0 Å². The van der Waals surface area contributed by atoms with Crippen molar-refractivity contribution in [3.05, 3.63) is 29.3 Å². The van der Waals surface area contributed by atoms with Crippen LogP contribution in [0.1, 0.15) is 11.1 Å². The lowest BCUT2D eigenvalue weighted by molar-refractivity contribution is 0.385. The van der Waals surface area contributed by atoms with E-state index < -0.39 is 0 Å². The van der Waals surface area contributed by atoms with Gasteiger partial charge >= 0.3 is 0 Å². The Hall–Kier alpha value is -2.01. The van der Waals surface area contributed by atoms with Crippen LogP contribution in [0.2, 0.25) is 0 Å². The average Bonchev–Trinajstić information content (AvgIpc) is 2.64. The molecule has 0 fully saturated rings. The van der Waals surface area contributed by atoms with Crippen LogP contribution in [0.5, 0.6) is 5.75 Å². The van der Waals surface area contributed by atoms with Crippen LogP contribution < -0.4 is 5.73 Å². The van der Waals surface area contributed by atoms with E-state index >= 15 is 0 Å². The van der Waals surface area contributed by atoms with E-state index in [-0.39, 0.29) is 5.75 Å². The van der Waals surface area contributed by atoms with Gasteiger partial charge in [-0.1, -0.05) is 6.07 Å². The lowest BCUT2D eigenvalue weighted by Gasteiger charge is -2.15. The smallest absolute Gasteiger partial charge is 0.129 e. The predicted octanol–water partition coefficient (Wildman–Crippen LogP) is 1.74. The number of hydrogen-bond donors (Lipinski definition) is 2. The Labute approximate surface area is 113 Å². The quantitative estimate of drug-likeness (QED) is 0.882. The standard InChI is InChI=1S/C14H20N4O/c1-9-5-6-10(12-7-13(15)18(4)16-12)14(19)11(9)8-17(2)3/h5-7,19H,8,15H2,1-4H3. The molecule has 3 N–H and O–H groups in total. The lowest BCUT2D eigenvalue weighted by Crippen LogP contribution is -2.12. The minimum Gasteiger partial charge on any atom is -0.507 e. The van der Waals surface area contributed by atoms with E-state index in [1.807, 2.05) is 38.1 Å². The van der Waals surface area contributed by atoms with Crippen molar-refractivity contribution in [2.24, 2.45) is 7.05 Å². The van der Waals surface area contributed by atoms with Crippen molar-refractivity contribution < 1.29 is 5.11 Å². The molecule has 5 heteroatoms. The summed E-state index contributed by atoms with van der Waals surface area (Å²) < 4.78 is 1.60. The van der Waals surface area contributed by atoms with Gasteiger partial charge in [-0.2, -0.15) is 5.10 Å². The molecule has 1 aromatic carbocycles. The van der Waals surface area contributed by atoms with Crippen LogP contribution in [-0.4, -0.2) is 33.9 Å². The Morgan fingerprint density at radius 3 is 2.58 bits per heavy atom. The number of benzene rings is 1. The van der Waals surface area contributed by atoms with Gasteiger partial charge < -0.3 is 15.7 Å². The molecule has 0 aliphatic heterocycles. The molecule has 1 heterocycles. The molecule has 0 aliphatic carbocycles. The number of phenols is 1. The van der Waals surface area contributed by atoms with Crippen molar-refractivity contribution in [3.8, 4) is 17.0 Å². The number of nitrogen functional groups attached to an aromatic ring is 1. The van der Waals surface area contributed by atoms with Crippen molar-refractivity contribution in [2.75, 3.05) is 19.8 Å². The summed E-state index contributed by atoms with van der Waals surface area (Å²) in [5, 5.41) is 14.8. The van der Waals surface area contributed by atoms with Crippen molar-refractivity contribution in [2.45, 2.75) is 13.5 Å². The molecule has 0 radical (unpaired) electrons. The van der Waals surface area contributed by atoms with Crippen LogP contribution in [0.15, 0.2) is 18.2 Å². The molecule has 1 aromatic heterocycles. The van der Waals surface area contributed by atoms with E-state index in [0.717, 1.165) is 16.7 Å². The Morgan fingerprint density at radius 2 is 2.05 bits per heavy atom. The second kappa shape index (κ2) is 4.93. The molecule has 19 heavy (non-hydrogen) atoms. The number of anilines is 1. The fourth-order valence-electron chi connectivity index (χ4n) is 2.07. The van der Waals surface area contributed by atoms with Crippen molar-refractivity contribution in [3.63, 3.8) is 0 Å². The molecule has 102 valence electrons. The van der Waals surface area contributed by atoms with Crippen LogP contribution in [-0.2, 0) is 13.6 Å². The maximum Gasteiger partial charge on any atom is 0.129 e. The Kier molecular flexibility index (Phi) is 3.48. The van der Waals surface area contributed by atoms with Gasteiger partial charge in [-0.15, -0.1) is 0 Å². The van der Waals surface area contributed by atoms with Crippen molar-refractivity contribution in [1.29, 1.82) is 0 Å². The van der Waals surface area contributed by atoms with Crippen LogP contribution >= 0.6 is 0 Å². The first-order chi connectivity index (χ1) is 8.90. The molecule has 0 saturated carbocycles. The van der Waals surface area contributed by atoms with E-state index in [1.54, 1.807) is 17.8 Å². The van der Waals surface area contributed by atoms with Gasteiger partial charge in [-0.05, 0) is 32.6 Å². The molecule has 0 spiro atoms. The SMILES string of the molecule is Cc1ccc(-c2cc(N)n(C)n2)c(O)c1CN(C)C. The first kappa shape index (κ1) is 13.4. The van der Waals surface area contributed by atoms with Crippen molar-refractivity contribution >= 4 is 5.82 Å². The third-order valence-corrected chi connectivity index (χ3v) is 3.18. The molecule has 0 atom stereocenters. The normalized spacial score (nSPS) is 11.2. The van der Waals surface area contributed by atoms with Crippen LogP contribution in [0, 0.1) is 6.92 Å². The van der Waals surface area contributed by atoms with Gasteiger partial charge in [0.25, 0.3) is 0 Å². The zero-order chi connectivity index (χ0) is 14.2. The predicted molar refractivity (Wildman–Crippen MR) is 76.8 cm³/mol. The molecular weight excluding hydrogens is 240 g/mol. The van der Waals surface area contributed by atoms with E-state index in [0.29, 0.717) is 18.1 Å². The second-order valence-electron chi connectivity index (χ2n) is 5.07. The topological polar surface area (TPSA) is 67.3 Å². The molecule has 0 saturated heterocycles. The van der Waals surface area contributed by atoms with Gasteiger partial charge in [0.15, 0.2) is 0 Å². The first-order valence-corrected chi connectivity index (χ1v) is 6.16. The van der Waals surface area contributed by atoms with Gasteiger partial charge in [0.2, 0.25) is 0 Å². The summed E-state index contributed by atoms with van der Waals surface area (Å²) in [5.41, 5.74) is 9.19. The summed E-state index contributed by atoms with van der Waals surface area (Å²) in [5.74, 6) is 0.857. The van der Waals surface area contributed by atoms with Gasteiger partial charge in [0.1, 0.15) is 11.6 Å². The fraction of sp³-hybridized carbons (Fsp3) is 0.357. The molecular formula is C14H20N4O. The average molecular weight is 260 g/mol. The zero-order valence-electron chi connectivity index (χ0n) is 11.8. The van der Waals surface area contributed by atoms with E-state index in [4.69, 9.17) is 5.73 Å². The molecule has 5 nitrogen and oxygen atoms in total. The highest BCUT2D eigenvalue weighted by Crippen LogP contribution is 2.34. The summed E-state index contributed by atoms with van der Waals surface area (Å²) in [6.07, 6.45) is 0. The van der Waals surface area contributed by atoms with Gasteiger partial charge in [-0.25, -0.2) is 0 Å². The molecule has 0 bridgehead atoms. The number of nitrogens with two attached hydrogens (primary N) is 1. The maximum absolute atomic E-state index is 10.5. The molecule has 0 amide bonds. The molecule has 0 unspecified atom stereocenters. The molecule has 0 aliphatic rings. The summed E-state index contributed by atoms with van der Waals surface area (Å²) in [7, 11) is 5.74. The number of aryl methyl sites for hydroxylation is 2. The minimum atomic E-state index is 0.284. The van der Waals surface area contributed by atoms with E-state index in [2.05, 4.69) is 5.10 Å². The highest BCUT2D eigenvalue weighted by molar-refractivity contribution is 5.71. The maximum atomic E-state index is 10.5. The Bertz CT molecular complexity index is 582. The molecule has 2 aromatic rings. The summed E-state index contributed by atoms with van der Waals surface area (Å²) in [4.78, 5) is 2.03. The van der Waals surface area contributed by atoms with Gasteiger partial charge in [0.05, 0.1) is 5.69 Å². The monoisotopic (exact) mass is 260 g/mol. The number of hydrogen-bond acceptors (Lipinski definition) is 4. The number of phenolic OH excluding ortho intramolecular Hbond substituents is 1. The lowest BCUT2D eigenvalue weighted by atomic mass is 10.0. The van der Waals surface area contributed by atoms with Crippen LogP contribution in [0.3, 0.4) is 0 Å². The highest BCUT2D eigenvalue weighted by Gasteiger charge is 2.15. The minimum absolute atomic E-state index is 0.284. The Morgan fingerprint density at radius 1 is 1.37 bits per heavy atom. The van der Waals surface area contributed by atoms with Crippen LogP contribution in [0.4, 0.5) is 5.82 Å². The van der Waals surface area contributed by atoms with Crippen LogP contribution in [0.25, 0.3) is 11.3 Å². The van der Waals surface area contributed by atoms with Crippen molar-refractivity contribution in [1.82, 2.24) is 14.7 Å². The first-order valence-electron chi connectivity index (χ1n) is 6.16. The van der Waals surface area contributed by atoms with Gasteiger partial charge in [0, 0.05) is 30.8 Å². The Balaban J connectivity index is 2.53. The summed E-state index contributed by atoms with van der Waals surface area (Å²) in [6, 6.07) is 5.65. The van der Waals surface area contributed by atoms with E-state index in [9.17, 15) is 5.11 Å². The second-order valence-corrected chi connectivity index (χ2v) is 5.07. The number of nitrogens with zero attached hydrogens (tertiary/aromatic N) is 3. The number of rotatable bonds is 3. The third-order valence-electron chi connectivity index (χ3n) is 3.18. The number of aromatic nitrogens is 2. The third kappa shape index (κ3) is 2.56. The summed E-state index contributed by atoms with van der Waals surface area (Å²) in [6.45, 7) is 2.68. The molecule has 2 rings (SSSR count).